The molecule has 19 heavy (non-hydrogen) atoms. The molecule has 0 radical (unpaired) electrons. The van der Waals surface area contributed by atoms with E-state index in [9.17, 15) is 0 Å². The van der Waals surface area contributed by atoms with E-state index in [4.69, 9.17) is 12.2 Å². The van der Waals surface area contributed by atoms with Crippen LogP contribution in [0.1, 0.15) is 19.8 Å². The molecule has 2 aromatic rings. The second kappa shape index (κ2) is 5.38. The zero-order valence-corrected chi connectivity index (χ0v) is 12.4. The van der Waals surface area contributed by atoms with Crippen LogP contribution in [0.5, 0.6) is 0 Å². The van der Waals surface area contributed by atoms with E-state index in [0.717, 1.165) is 40.0 Å². The number of likely N-dealkylation sites (tertiary alicyclic amines) is 1. The summed E-state index contributed by atoms with van der Waals surface area (Å²) in [6, 6.07) is 6.06. The summed E-state index contributed by atoms with van der Waals surface area (Å²) in [4.78, 5) is 2.25. The van der Waals surface area contributed by atoms with Crippen LogP contribution in [0.2, 0.25) is 0 Å². The molecule has 0 bridgehead atoms. The van der Waals surface area contributed by atoms with Crippen LogP contribution in [0.15, 0.2) is 18.2 Å². The molecule has 1 N–H and O–H groups in total. The maximum atomic E-state index is 5.48. The molecule has 1 saturated heterocycles. The Labute approximate surface area is 122 Å². The average Bonchev–Trinajstić information content (AvgIpc) is 2.87. The van der Waals surface area contributed by atoms with Crippen LogP contribution in [-0.2, 0) is 0 Å². The van der Waals surface area contributed by atoms with E-state index in [1.54, 1.807) is 0 Å². The van der Waals surface area contributed by atoms with Gasteiger partial charge in [-0.15, -0.1) is 5.10 Å². The fourth-order valence-electron chi connectivity index (χ4n) is 2.27. The van der Waals surface area contributed by atoms with Crippen molar-refractivity contribution in [2.24, 2.45) is 5.92 Å². The van der Waals surface area contributed by atoms with E-state index < -0.39 is 0 Å². The maximum Gasteiger partial charge on any atom is 0.173 e. The lowest BCUT2D eigenvalue weighted by atomic mass is 10.00. The molecule has 4 nitrogen and oxygen atoms in total. The fraction of sp³-hybridized carbons (Fsp3) is 0.462. The highest BCUT2D eigenvalue weighted by Gasteiger charge is 2.17. The lowest BCUT2D eigenvalue weighted by molar-refractivity contribution is 0.283. The third-order valence-corrected chi connectivity index (χ3v) is 4.63. The number of nitrogens with zero attached hydrogens (tertiary/aromatic N) is 3. The van der Waals surface area contributed by atoms with Crippen LogP contribution in [0.4, 0.5) is 5.69 Å². The summed E-state index contributed by atoms with van der Waals surface area (Å²) in [6.45, 7) is 4.40. The van der Waals surface area contributed by atoms with Crippen LogP contribution in [0.3, 0.4) is 0 Å². The van der Waals surface area contributed by atoms with Crippen molar-refractivity contribution in [1.82, 2.24) is 14.5 Å². The molecule has 6 heteroatoms. The van der Waals surface area contributed by atoms with Crippen molar-refractivity contribution >= 4 is 44.8 Å². The molecule has 0 aliphatic carbocycles. The predicted octanol–water partition coefficient (Wildman–Crippen LogP) is 3.12. The summed E-state index contributed by atoms with van der Waals surface area (Å²) in [5, 5.41) is 8.20. The Kier molecular flexibility index (Phi) is 3.61. The smallest absolute Gasteiger partial charge is 0.173 e. The third-order valence-electron chi connectivity index (χ3n) is 3.57. The van der Waals surface area contributed by atoms with Gasteiger partial charge in [-0.3, -0.25) is 0 Å². The first kappa shape index (κ1) is 12.7. The molecule has 2 heterocycles. The minimum absolute atomic E-state index is 0.814. The van der Waals surface area contributed by atoms with Gasteiger partial charge in [0.15, 0.2) is 5.11 Å². The number of benzene rings is 1. The first-order chi connectivity index (χ1) is 9.22. The maximum absolute atomic E-state index is 5.48. The van der Waals surface area contributed by atoms with Gasteiger partial charge in [-0.25, -0.2) is 0 Å². The number of hydrogen-bond donors (Lipinski definition) is 1. The summed E-state index contributed by atoms with van der Waals surface area (Å²) in [6.07, 6.45) is 2.44. The monoisotopic (exact) mass is 292 g/mol. The van der Waals surface area contributed by atoms with Crippen molar-refractivity contribution in [1.29, 1.82) is 0 Å². The number of piperidine rings is 1. The second-order valence-corrected chi connectivity index (χ2v) is 6.23. The minimum Gasteiger partial charge on any atom is -0.349 e. The molecule has 1 aliphatic heterocycles. The lowest BCUT2D eigenvalue weighted by Crippen LogP contribution is -2.40. The molecular formula is C13H16N4S2. The molecule has 0 spiro atoms. The predicted molar refractivity (Wildman–Crippen MR) is 83.6 cm³/mol. The number of hydrogen-bond acceptors (Lipinski definition) is 4. The van der Waals surface area contributed by atoms with Gasteiger partial charge in [0.1, 0.15) is 5.52 Å². The van der Waals surface area contributed by atoms with Crippen molar-refractivity contribution in [2.45, 2.75) is 19.8 Å². The van der Waals surface area contributed by atoms with Gasteiger partial charge in [-0.05, 0) is 60.7 Å². The molecule has 0 atom stereocenters. The van der Waals surface area contributed by atoms with Crippen molar-refractivity contribution in [3.05, 3.63) is 18.2 Å². The standard InChI is InChI=1S/C13H16N4S2/c1-9-4-6-17(7-5-9)13(18)14-10-2-3-12-11(8-10)15-16-19-12/h2-3,8-9H,4-7H2,1H3,(H,14,18). The molecule has 1 aromatic heterocycles. The van der Waals surface area contributed by atoms with E-state index >= 15 is 0 Å². The van der Waals surface area contributed by atoms with Gasteiger partial charge >= 0.3 is 0 Å². The molecule has 1 aliphatic rings. The van der Waals surface area contributed by atoms with Gasteiger partial charge in [-0.2, -0.15) is 0 Å². The number of thiocarbonyl (C=S) groups is 1. The second-order valence-electron chi connectivity index (χ2n) is 5.06. The molecule has 3 rings (SSSR count). The SMILES string of the molecule is CC1CCN(C(=S)Nc2ccc3snnc3c2)CC1. The van der Waals surface area contributed by atoms with Crippen molar-refractivity contribution in [3.8, 4) is 0 Å². The highest BCUT2D eigenvalue weighted by Crippen LogP contribution is 2.21. The van der Waals surface area contributed by atoms with Gasteiger partial charge in [0, 0.05) is 18.8 Å². The minimum atomic E-state index is 0.814. The van der Waals surface area contributed by atoms with Crippen molar-refractivity contribution < 1.29 is 0 Å². The lowest BCUT2D eigenvalue weighted by Gasteiger charge is -2.32. The van der Waals surface area contributed by atoms with Crippen LogP contribution in [0.25, 0.3) is 10.2 Å². The Morgan fingerprint density at radius 1 is 1.42 bits per heavy atom. The Hall–Kier alpha value is -1.27. The summed E-state index contributed by atoms with van der Waals surface area (Å²) in [7, 11) is 0. The number of anilines is 1. The highest BCUT2D eigenvalue weighted by atomic mass is 32.1. The number of fused-ring (bicyclic) bond motifs is 1. The van der Waals surface area contributed by atoms with Gasteiger partial charge in [0.25, 0.3) is 0 Å². The van der Waals surface area contributed by atoms with Crippen LogP contribution in [0, 0.1) is 5.92 Å². The fourth-order valence-corrected chi connectivity index (χ4v) is 3.11. The van der Waals surface area contributed by atoms with Crippen LogP contribution in [-0.4, -0.2) is 32.7 Å². The Morgan fingerprint density at radius 3 is 3.00 bits per heavy atom. The highest BCUT2D eigenvalue weighted by molar-refractivity contribution is 7.80. The van der Waals surface area contributed by atoms with E-state index in [1.807, 2.05) is 18.2 Å². The molecule has 1 aromatic carbocycles. The van der Waals surface area contributed by atoms with E-state index in [0.29, 0.717) is 0 Å². The zero-order valence-electron chi connectivity index (χ0n) is 10.8. The van der Waals surface area contributed by atoms with Gasteiger partial charge < -0.3 is 10.2 Å². The quantitative estimate of drug-likeness (QED) is 0.818. The topological polar surface area (TPSA) is 41.0 Å². The van der Waals surface area contributed by atoms with Gasteiger partial charge in [-0.1, -0.05) is 11.4 Å². The summed E-state index contributed by atoms with van der Waals surface area (Å²) < 4.78 is 5.04. The van der Waals surface area contributed by atoms with Crippen LogP contribution >= 0.6 is 23.8 Å². The Balaban J connectivity index is 1.68. The first-order valence-electron chi connectivity index (χ1n) is 6.50. The Morgan fingerprint density at radius 2 is 2.21 bits per heavy atom. The molecule has 0 amide bonds. The molecule has 100 valence electrons. The van der Waals surface area contributed by atoms with Gasteiger partial charge in [0.05, 0.1) is 4.70 Å². The summed E-state index contributed by atoms with van der Waals surface area (Å²) >= 11 is 6.89. The Bertz CT molecular complexity index is 587. The van der Waals surface area contributed by atoms with E-state index in [2.05, 4.69) is 26.7 Å². The van der Waals surface area contributed by atoms with Gasteiger partial charge in [0.2, 0.25) is 0 Å². The largest absolute Gasteiger partial charge is 0.349 e. The molecule has 0 unspecified atom stereocenters. The van der Waals surface area contributed by atoms with E-state index in [-0.39, 0.29) is 0 Å². The first-order valence-corrected chi connectivity index (χ1v) is 7.68. The summed E-state index contributed by atoms with van der Waals surface area (Å²) in [5.74, 6) is 0.816. The van der Waals surface area contributed by atoms with Crippen molar-refractivity contribution in [3.63, 3.8) is 0 Å². The third kappa shape index (κ3) is 2.84. The van der Waals surface area contributed by atoms with E-state index in [1.165, 1.54) is 24.4 Å². The average molecular weight is 292 g/mol. The molecular weight excluding hydrogens is 276 g/mol. The number of rotatable bonds is 1. The summed E-state index contributed by atoms with van der Waals surface area (Å²) in [5.41, 5.74) is 1.91. The van der Waals surface area contributed by atoms with Crippen molar-refractivity contribution in [2.75, 3.05) is 18.4 Å². The zero-order chi connectivity index (χ0) is 13.2. The van der Waals surface area contributed by atoms with Crippen LogP contribution < -0.4 is 5.32 Å². The number of nitrogens with one attached hydrogen (secondary N) is 1. The normalized spacial score (nSPS) is 16.8. The molecule has 1 fully saturated rings. The number of aromatic nitrogens is 2. The molecule has 0 saturated carbocycles.